The Balaban J connectivity index is 2.25. The van der Waals surface area contributed by atoms with Crippen LogP contribution in [0, 0.1) is 0 Å². The first-order valence-corrected chi connectivity index (χ1v) is 7.52. The molecule has 0 aliphatic heterocycles. The van der Waals surface area contributed by atoms with Crippen molar-refractivity contribution in [2.75, 3.05) is 40.5 Å². The second-order valence-electron chi connectivity index (χ2n) is 4.78. The molecular formula is C17H24N2O4. The van der Waals surface area contributed by atoms with Crippen molar-refractivity contribution < 1.29 is 19.1 Å². The topological polar surface area (TPSA) is 76.7 Å². The van der Waals surface area contributed by atoms with E-state index in [9.17, 15) is 9.59 Å². The van der Waals surface area contributed by atoms with Crippen LogP contribution in [0.1, 0.15) is 22.3 Å². The summed E-state index contributed by atoms with van der Waals surface area (Å²) in [6, 6.07) is 7.01. The summed E-state index contributed by atoms with van der Waals surface area (Å²) in [6.07, 6.45) is 3.93. The second-order valence-corrected chi connectivity index (χ2v) is 4.78. The number of nitrogens with one attached hydrogen (secondary N) is 2. The van der Waals surface area contributed by atoms with Crippen molar-refractivity contribution in [2.45, 2.75) is 6.42 Å². The highest BCUT2D eigenvalue weighted by Crippen LogP contribution is 2.06. The van der Waals surface area contributed by atoms with Crippen molar-refractivity contribution >= 4 is 17.9 Å². The van der Waals surface area contributed by atoms with Crippen LogP contribution in [0.5, 0.6) is 0 Å². The molecule has 6 nitrogen and oxygen atoms in total. The molecule has 23 heavy (non-hydrogen) atoms. The van der Waals surface area contributed by atoms with Crippen molar-refractivity contribution in [3.05, 3.63) is 41.5 Å². The summed E-state index contributed by atoms with van der Waals surface area (Å²) < 4.78 is 10.2. The lowest BCUT2D eigenvalue weighted by Crippen LogP contribution is -2.23. The Hall–Kier alpha value is -2.18. The maximum Gasteiger partial charge on any atom is 0.251 e. The number of hydrogen-bond donors (Lipinski definition) is 2. The third-order valence-electron chi connectivity index (χ3n) is 3.02. The lowest BCUT2D eigenvalue weighted by Gasteiger charge is -2.04. The first-order chi connectivity index (χ1) is 11.2. The molecule has 0 heterocycles. The van der Waals surface area contributed by atoms with E-state index in [-0.39, 0.29) is 11.8 Å². The van der Waals surface area contributed by atoms with E-state index >= 15 is 0 Å². The number of benzene rings is 1. The van der Waals surface area contributed by atoms with Gasteiger partial charge in [-0.25, -0.2) is 0 Å². The molecule has 0 aliphatic carbocycles. The average Bonchev–Trinajstić information content (AvgIpc) is 2.59. The molecule has 1 rings (SSSR count). The second kappa shape index (κ2) is 11.4. The standard InChI is InChI=1S/C17H24N2O4/c1-18-17(21)15-7-4-14(5-8-15)6-9-16(20)19-10-3-11-23-13-12-22-2/h4-9H,3,10-13H2,1-2H3,(H,18,21)(H,19,20)/b9-6+. The largest absolute Gasteiger partial charge is 0.382 e. The van der Waals surface area contributed by atoms with E-state index in [4.69, 9.17) is 9.47 Å². The van der Waals surface area contributed by atoms with Crippen LogP contribution < -0.4 is 10.6 Å². The molecule has 6 heteroatoms. The minimum Gasteiger partial charge on any atom is -0.382 e. The fourth-order valence-electron chi connectivity index (χ4n) is 1.75. The van der Waals surface area contributed by atoms with E-state index in [1.165, 1.54) is 6.08 Å². The SMILES string of the molecule is CNC(=O)c1ccc(/C=C/C(=O)NCCCOCCOC)cc1. The van der Waals surface area contributed by atoms with E-state index in [0.717, 1.165) is 12.0 Å². The zero-order chi connectivity index (χ0) is 16.9. The summed E-state index contributed by atoms with van der Waals surface area (Å²) in [5, 5.41) is 5.34. The van der Waals surface area contributed by atoms with Crippen molar-refractivity contribution in [1.29, 1.82) is 0 Å². The summed E-state index contributed by atoms with van der Waals surface area (Å²) in [7, 11) is 3.21. The van der Waals surface area contributed by atoms with Gasteiger partial charge in [0.25, 0.3) is 5.91 Å². The van der Waals surface area contributed by atoms with Gasteiger partial charge in [-0.3, -0.25) is 9.59 Å². The maximum atomic E-state index is 11.7. The molecule has 1 aromatic carbocycles. The summed E-state index contributed by atoms with van der Waals surface area (Å²) in [6.45, 7) is 2.30. The molecule has 2 amide bonds. The van der Waals surface area contributed by atoms with Crippen LogP contribution in [0.15, 0.2) is 30.3 Å². The van der Waals surface area contributed by atoms with Crippen LogP contribution in [0.25, 0.3) is 6.08 Å². The van der Waals surface area contributed by atoms with Gasteiger partial charge in [-0.1, -0.05) is 12.1 Å². The lowest BCUT2D eigenvalue weighted by molar-refractivity contribution is -0.116. The third kappa shape index (κ3) is 8.13. The van der Waals surface area contributed by atoms with Crippen LogP contribution in [0.4, 0.5) is 0 Å². The quantitative estimate of drug-likeness (QED) is 0.502. The maximum absolute atomic E-state index is 11.7. The molecule has 0 aliphatic rings. The number of methoxy groups -OCH3 is 1. The average molecular weight is 320 g/mol. The molecule has 0 unspecified atom stereocenters. The van der Waals surface area contributed by atoms with Gasteiger partial charge in [0, 0.05) is 38.9 Å². The van der Waals surface area contributed by atoms with Crippen LogP contribution in [-0.4, -0.2) is 52.3 Å². The van der Waals surface area contributed by atoms with Gasteiger partial charge in [-0.2, -0.15) is 0 Å². The Morgan fingerprint density at radius 2 is 1.87 bits per heavy atom. The molecule has 0 atom stereocenters. The Labute approximate surface area is 136 Å². The van der Waals surface area contributed by atoms with Crippen molar-refractivity contribution in [3.8, 4) is 0 Å². The lowest BCUT2D eigenvalue weighted by atomic mass is 10.1. The minimum absolute atomic E-state index is 0.133. The van der Waals surface area contributed by atoms with Crippen LogP contribution >= 0.6 is 0 Å². The van der Waals surface area contributed by atoms with Crippen LogP contribution in [0.3, 0.4) is 0 Å². The molecule has 0 spiro atoms. The molecule has 0 saturated heterocycles. The highest BCUT2D eigenvalue weighted by molar-refractivity contribution is 5.94. The molecular weight excluding hydrogens is 296 g/mol. The first-order valence-electron chi connectivity index (χ1n) is 7.52. The van der Waals surface area contributed by atoms with Gasteiger partial charge >= 0.3 is 0 Å². The molecule has 0 aromatic heterocycles. The van der Waals surface area contributed by atoms with Gasteiger partial charge in [-0.15, -0.1) is 0 Å². The minimum atomic E-state index is -0.155. The molecule has 0 saturated carbocycles. The van der Waals surface area contributed by atoms with E-state index in [1.807, 2.05) is 0 Å². The van der Waals surface area contributed by atoms with E-state index < -0.39 is 0 Å². The molecule has 126 valence electrons. The molecule has 0 bridgehead atoms. The van der Waals surface area contributed by atoms with Gasteiger partial charge in [0.05, 0.1) is 13.2 Å². The van der Waals surface area contributed by atoms with E-state index in [0.29, 0.717) is 31.9 Å². The molecule has 0 fully saturated rings. The summed E-state index contributed by atoms with van der Waals surface area (Å²) in [4.78, 5) is 23.1. The fourth-order valence-corrected chi connectivity index (χ4v) is 1.75. The number of amides is 2. The normalized spacial score (nSPS) is 10.7. The fraction of sp³-hybridized carbons (Fsp3) is 0.412. The zero-order valence-electron chi connectivity index (χ0n) is 13.6. The van der Waals surface area contributed by atoms with Crippen LogP contribution in [0.2, 0.25) is 0 Å². The van der Waals surface area contributed by atoms with Crippen LogP contribution in [-0.2, 0) is 14.3 Å². The smallest absolute Gasteiger partial charge is 0.251 e. The number of ether oxygens (including phenoxy) is 2. The molecule has 2 N–H and O–H groups in total. The van der Waals surface area contributed by atoms with Gasteiger partial charge in [0.15, 0.2) is 0 Å². The predicted molar refractivity (Wildman–Crippen MR) is 89.2 cm³/mol. The summed E-state index contributed by atoms with van der Waals surface area (Å²) in [5.74, 6) is -0.289. The van der Waals surface area contributed by atoms with Crippen molar-refractivity contribution in [1.82, 2.24) is 10.6 Å². The Morgan fingerprint density at radius 3 is 2.52 bits per heavy atom. The summed E-state index contributed by atoms with van der Waals surface area (Å²) >= 11 is 0. The summed E-state index contributed by atoms with van der Waals surface area (Å²) in [5.41, 5.74) is 1.44. The van der Waals surface area contributed by atoms with Gasteiger partial charge < -0.3 is 20.1 Å². The zero-order valence-corrected chi connectivity index (χ0v) is 13.6. The molecule has 0 radical (unpaired) electrons. The highest BCUT2D eigenvalue weighted by Gasteiger charge is 2.01. The molecule has 1 aromatic rings. The number of carbonyl (C=O) groups excluding carboxylic acids is 2. The predicted octanol–water partition coefficient (Wildman–Crippen LogP) is 1.23. The third-order valence-corrected chi connectivity index (χ3v) is 3.02. The Bertz CT molecular complexity index is 512. The van der Waals surface area contributed by atoms with Gasteiger partial charge in [-0.05, 0) is 30.2 Å². The van der Waals surface area contributed by atoms with E-state index in [1.54, 1.807) is 44.5 Å². The number of carbonyl (C=O) groups is 2. The Morgan fingerprint density at radius 1 is 1.13 bits per heavy atom. The van der Waals surface area contributed by atoms with Gasteiger partial charge in [0.2, 0.25) is 5.91 Å². The number of hydrogen-bond acceptors (Lipinski definition) is 4. The Kier molecular flexibility index (Phi) is 9.35. The van der Waals surface area contributed by atoms with Crippen molar-refractivity contribution in [2.24, 2.45) is 0 Å². The van der Waals surface area contributed by atoms with Gasteiger partial charge in [0.1, 0.15) is 0 Å². The monoisotopic (exact) mass is 320 g/mol. The van der Waals surface area contributed by atoms with Crippen molar-refractivity contribution in [3.63, 3.8) is 0 Å². The highest BCUT2D eigenvalue weighted by atomic mass is 16.5. The van der Waals surface area contributed by atoms with E-state index in [2.05, 4.69) is 10.6 Å². The number of rotatable bonds is 10. The first kappa shape index (κ1) is 18.9.